The standard InChI is InChI=1S/C10H15ClN2O2/c1-3-5-15-10-6-8(11)12-9(13-10)7-14-4-2/h6H,3-5,7H2,1-2H3. The van der Waals surface area contributed by atoms with E-state index in [1.807, 2.05) is 13.8 Å². The Labute approximate surface area is 94.6 Å². The molecular formula is C10H15ClN2O2. The Balaban J connectivity index is 2.66. The lowest BCUT2D eigenvalue weighted by atomic mass is 10.5. The molecule has 0 aromatic carbocycles. The molecular weight excluding hydrogens is 216 g/mol. The molecule has 0 aliphatic heterocycles. The molecule has 1 heterocycles. The maximum Gasteiger partial charge on any atom is 0.218 e. The molecule has 0 N–H and O–H groups in total. The first-order valence-corrected chi connectivity index (χ1v) is 5.38. The lowest BCUT2D eigenvalue weighted by Crippen LogP contribution is -2.03. The van der Waals surface area contributed by atoms with Crippen LogP contribution in [0.4, 0.5) is 0 Å². The summed E-state index contributed by atoms with van der Waals surface area (Å²) >= 11 is 5.82. The van der Waals surface area contributed by atoms with Crippen molar-refractivity contribution in [3.8, 4) is 5.88 Å². The molecule has 0 saturated carbocycles. The smallest absolute Gasteiger partial charge is 0.218 e. The fourth-order valence-electron chi connectivity index (χ4n) is 0.980. The largest absolute Gasteiger partial charge is 0.478 e. The number of hydrogen-bond donors (Lipinski definition) is 0. The van der Waals surface area contributed by atoms with Gasteiger partial charge in [-0.1, -0.05) is 18.5 Å². The van der Waals surface area contributed by atoms with Crippen LogP contribution in [0.2, 0.25) is 5.15 Å². The molecule has 1 aromatic rings. The molecule has 0 saturated heterocycles. The summed E-state index contributed by atoms with van der Waals surface area (Å²) in [6.07, 6.45) is 0.933. The van der Waals surface area contributed by atoms with Crippen LogP contribution in [0, 0.1) is 0 Å². The van der Waals surface area contributed by atoms with Crippen molar-refractivity contribution in [2.24, 2.45) is 0 Å². The van der Waals surface area contributed by atoms with E-state index in [0.717, 1.165) is 6.42 Å². The first-order chi connectivity index (χ1) is 7.26. The van der Waals surface area contributed by atoms with Crippen molar-refractivity contribution in [1.29, 1.82) is 0 Å². The highest BCUT2D eigenvalue weighted by atomic mass is 35.5. The van der Waals surface area contributed by atoms with Crippen LogP contribution < -0.4 is 4.74 Å². The van der Waals surface area contributed by atoms with E-state index in [-0.39, 0.29) is 0 Å². The van der Waals surface area contributed by atoms with Gasteiger partial charge in [-0.15, -0.1) is 0 Å². The Bertz CT molecular complexity index is 281. The van der Waals surface area contributed by atoms with Crippen molar-refractivity contribution in [1.82, 2.24) is 9.97 Å². The van der Waals surface area contributed by atoms with Gasteiger partial charge < -0.3 is 9.47 Å². The van der Waals surface area contributed by atoms with Crippen LogP contribution in [0.25, 0.3) is 0 Å². The summed E-state index contributed by atoms with van der Waals surface area (Å²) in [5.41, 5.74) is 0. The number of hydrogen-bond acceptors (Lipinski definition) is 4. The van der Waals surface area contributed by atoms with Gasteiger partial charge in [0.15, 0.2) is 5.82 Å². The van der Waals surface area contributed by atoms with E-state index in [0.29, 0.717) is 36.7 Å². The highest BCUT2D eigenvalue weighted by molar-refractivity contribution is 6.29. The molecule has 1 rings (SSSR count). The van der Waals surface area contributed by atoms with Gasteiger partial charge in [0, 0.05) is 12.7 Å². The van der Waals surface area contributed by atoms with Crippen LogP contribution in [0.3, 0.4) is 0 Å². The van der Waals surface area contributed by atoms with Crippen LogP contribution >= 0.6 is 11.6 Å². The van der Waals surface area contributed by atoms with Gasteiger partial charge in [0.25, 0.3) is 0 Å². The number of rotatable bonds is 6. The molecule has 5 heteroatoms. The van der Waals surface area contributed by atoms with E-state index in [1.165, 1.54) is 0 Å². The first kappa shape index (κ1) is 12.2. The monoisotopic (exact) mass is 230 g/mol. The van der Waals surface area contributed by atoms with E-state index in [2.05, 4.69) is 9.97 Å². The lowest BCUT2D eigenvalue weighted by molar-refractivity contribution is 0.127. The molecule has 0 atom stereocenters. The third-order valence-corrected chi connectivity index (χ3v) is 1.80. The molecule has 0 aliphatic rings. The Morgan fingerprint density at radius 1 is 1.33 bits per heavy atom. The zero-order chi connectivity index (χ0) is 11.1. The van der Waals surface area contributed by atoms with Crippen molar-refractivity contribution in [2.75, 3.05) is 13.2 Å². The van der Waals surface area contributed by atoms with Crippen molar-refractivity contribution in [3.05, 3.63) is 17.0 Å². The van der Waals surface area contributed by atoms with E-state index in [4.69, 9.17) is 21.1 Å². The van der Waals surface area contributed by atoms with Crippen LogP contribution in [-0.2, 0) is 11.3 Å². The minimum absolute atomic E-state index is 0.361. The SMILES string of the molecule is CCCOc1cc(Cl)nc(COCC)n1. The lowest BCUT2D eigenvalue weighted by Gasteiger charge is -2.06. The summed E-state index contributed by atoms with van der Waals surface area (Å²) in [4.78, 5) is 8.19. The maximum atomic E-state index is 5.82. The van der Waals surface area contributed by atoms with Gasteiger partial charge >= 0.3 is 0 Å². The summed E-state index contributed by atoms with van der Waals surface area (Å²) in [6.45, 7) is 5.56. The van der Waals surface area contributed by atoms with Gasteiger partial charge in [-0.25, -0.2) is 4.98 Å². The predicted molar refractivity (Wildman–Crippen MR) is 58.2 cm³/mol. The van der Waals surface area contributed by atoms with E-state index < -0.39 is 0 Å². The summed E-state index contributed by atoms with van der Waals surface area (Å²) in [5.74, 6) is 1.06. The van der Waals surface area contributed by atoms with Gasteiger partial charge in [0.2, 0.25) is 5.88 Å². The Kier molecular flexibility index (Phi) is 5.36. The molecule has 0 fully saturated rings. The third-order valence-electron chi connectivity index (χ3n) is 1.61. The summed E-state index contributed by atoms with van der Waals surface area (Å²) < 4.78 is 10.6. The summed E-state index contributed by atoms with van der Waals surface area (Å²) in [7, 11) is 0. The highest BCUT2D eigenvalue weighted by Crippen LogP contribution is 2.14. The van der Waals surface area contributed by atoms with E-state index >= 15 is 0 Å². The molecule has 0 aliphatic carbocycles. The Hall–Kier alpha value is -0.870. The van der Waals surface area contributed by atoms with Crippen LogP contribution in [0.1, 0.15) is 26.1 Å². The zero-order valence-electron chi connectivity index (χ0n) is 8.99. The van der Waals surface area contributed by atoms with Gasteiger partial charge in [-0.05, 0) is 13.3 Å². The highest BCUT2D eigenvalue weighted by Gasteiger charge is 2.03. The van der Waals surface area contributed by atoms with Gasteiger partial charge in [0.05, 0.1) is 6.61 Å². The third kappa shape index (κ3) is 4.44. The number of ether oxygens (including phenoxy) is 2. The number of aromatic nitrogens is 2. The second-order valence-corrected chi connectivity index (χ2v) is 3.32. The second-order valence-electron chi connectivity index (χ2n) is 2.93. The summed E-state index contributed by atoms with van der Waals surface area (Å²) in [5, 5.41) is 0.380. The zero-order valence-corrected chi connectivity index (χ0v) is 9.75. The Morgan fingerprint density at radius 3 is 2.80 bits per heavy atom. The molecule has 0 bridgehead atoms. The average molecular weight is 231 g/mol. The van der Waals surface area contributed by atoms with E-state index in [1.54, 1.807) is 6.07 Å². The van der Waals surface area contributed by atoms with Gasteiger partial charge in [0.1, 0.15) is 11.8 Å². The number of nitrogens with zero attached hydrogens (tertiary/aromatic N) is 2. The summed E-state index contributed by atoms with van der Waals surface area (Å²) in [6, 6.07) is 1.60. The van der Waals surface area contributed by atoms with Crippen molar-refractivity contribution in [2.45, 2.75) is 26.9 Å². The van der Waals surface area contributed by atoms with Crippen molar-refractivity contribution in [3.63, 3.8) is 0 Å². The molecule has 4 nitrogen and oxygen atoms in total. The molecule has 0 spiro atoms. The fourth-order valence-corrected chi connectivity index (χ4v) is 1.17. The quantitative estimate of drug-likeness (QED) is 0.705. The minimum atomic E-state index is 0.361. The molecule has 0 unspecified atom stereocenters. The van der Waals surface area contributed by atoms with Crippen LogP contribution in [0.5, 0.6) is 5.88 Å². The van der Waals surface area contributed by atoms with Gasteiger partial charge in [-0.3, -0.25) is 0 Å². The molecule has 15 heavy (non-hydrogen) atoms. The first-order valence-electron chi connectivity index (χ1n) is 5.00. The topological polar surface area (TPSA) is 44.2 Å². The van der Waals surface area contributed by atoms with Crippen molar-refractivity contribution >= 4 is 11.6 Å². The van der Waals surface area contributed by atoms with Gasteiger partial charge in [-0.2, -0.15) is 4.98 Å². The normalized spacial score (nSPS) is 10.3. The van der Waals surface area contributed by atoms with Crippen LogP contribution in [0.15, 0.2) is 6.07 Å². The minimum Gasteiger partial charge on any atom is -0.478 e. The molecule has 1 aromatic heterocycles. The van der Waals surface area contributed by atoms with Crippen LogP contribution in [-0.4, -0.2) is 23.2 Å². The number of halogens is 1. The molecule has 0 amide bonds. The Morgan fingerprint density at radius 2 is 2.13 bits per heavy atom. The molecule has 84 valence electrons. The average Bonchev–Trinajstić information content (AvgIpc) is 2.23. The molecule has 0 radical (unpaired) electrons. The van der Waals surface area contributed by atoms with E-state index in [9.17, 15) is 0 Å². The second kappa shape index (κ2) is 6.58. The predicted octanol–water partition coefficient (Wildman–Crippen LogP) is 2.46. The van der Waals surface area contributed by atoms with Crippen molar-refractivity contribution < 1.29 is 9.47 Å². The maximum absolute atomic E-state index is 5.82. The fraction of sp³-hybridized carbons (Fsp3) is 0.600.